The average molecular weight is 453 g/mol. The molecule has 0 unspecified atom stereocenters. The number of hydrogen-bond donors (Lipinski definition) is 1. The summed E-state index contributed by atoms with van der Waals surface area (Å²) < 4.78 is 28.0. The Bertz CT molecular complexity index is 917. The first-order valence-electron chi connectivity index (χ1n) is 8.61. The van der Waals surface area contributed by atoms with Crippen LogP contribution < -0.4 is 5.32 Å². The average Bonchev–Trinajstić information content (AvgIpc) is 2.53. The number of hydrogen-bond acceptors (Lipinski definition) is 3. The molecule has 1 amide bonds. The predicted molar refractivity (Wildman–Crippen MR) is 111 cm³/mol. The molecule has 0 bridgehead atoms. The minimum Gasteiger partial charge on any atom is -0.348 e. The predicted octanol–water partition coefficient (Wildman–Crippen LogP) is 3.87. The lowest BCUT2D eigenvalue weighted by molar-refractivity contribution is -0.121. The minimum absolute atomic E-state index is 0.218. The summed E-state index contributed by atoms with van der Waals surface area (Å²) in [5.74, 6) is -0.348. The summed E-state index contributed by atoms with van der Waals surface area (Å²) in [7, 11) is -2.32. The largest absolute Gasteiger partial charge is 0.348 e. The van der Waals surface area contributed by atoms with Gasteiger partial charge in [-0.2, -0.15) is 4.31 Å². The summed E-state index contributed by atoms with van der Waals surface area (Å²) in [6.45, 7) is 7.10. The Balaban J connectivity index is 2.12. The van der Waals surface area contributed by atoms with Gasteiger partial charge in [-0.05, 0) is 56.5 Å². The van der Waals surface area contributed by atoms with Crippen molar-refractivity contribution in [2.45, 2.75) is 38.6 Å². The van der Waals surface area contributed by atoms with E-state index in [1.165, 1.54) is 7.05 Å². The zero-order valence-electron chi connectivity index (χ0n) is 16.2. The van der Waals surface area contributed by atoms with E-state index in [1.807, 2.05) is 50.2 Å². The van der Waals surface area contributed by atoms with Gasteiger partial charge < -0.3 is 5.32 Å². The van der Waals surface area contributed by atoms with Crippen LogP contribution in [0.25, 0.3) is 0 Å². The fourth-order valence-corrected chi connectivity index (χ4v) is 4.93. The second kappa shape index (κ2) is 8.54. The van der Waals surface area contributed by atoms with Crippen molar-refractivity contribution in [1.82, 2.24) is 9.62 Å². The molecule has 1 N–H and O–H groups in total. The molecule has 27 heavy (non-hydrogen) atoms. The number of nitrogens with one attached hydrogen (secondary N) is 1. The summed E-state index contributed by atoms with van der Waals surface area (Å²) in [5, 5.41) is 2.85. The molecule has 0 heterocycles. The summed E-state index contributed by atoms with van der Waals surface area (Å²) in [4.78, 5) is 12.6. The number of nitrogens with zero attached hydrogens (tertiary/aromatic N) is 1. The van der Waals surface area contributed by atoms with Crippen LogP contribution >= 0.6 is 15.9 Å². The van der Waals surface area contributed by atoms with Gasteiger partial charge in [0.05, 0.1) is 17.5 Å². The Morgan fingerprint density at radius 1 is 1.11 bits per heavy atom. The molecule has 146 valence electrons. The van der Waals surface area contributed by atoms with E-state index >= 15 is 0 Å². The van der Waals surface area contributed by atoms with Crippen molar-refractivity contribution < 1.29 is 13.2 Å². The molecule has 0 aromatic heterocycles. The van der Waals surface area contributed by atoms with Crippen LogP contribution in [0.1, 0.15) is 35.2 Å². The summed E-state index contributed by atoms with van der Waals surface area (Å²) in [6.07, 6.45) is 0. The molecule has 2 rings (SSSR count). The van der Waals surface area contributed by atoms with Gasteiger partial charge in [-0.25, -0.2) is 8.42 Å². The van der Waals surface area contributed by atoms with E-state index in [4.69, 9.17) is 0 Å². The van der Waals surface area contributed by atoms with Crippen LogP contribution in [0.5, 0.6) is 0 Å². The molecule has 0 aliphatic rings. The fourth-order valence-electron chi connectivity index (χ4n) is 3.14. The van der Waals surface area contributed by atoms with E-state index < -0.39 is 10.0 Å². The SMILES string of the molecule is Cc1cc(C)c(S(=O)(=O)N(C)CC(=O)N[C@H](C)c2ccc(Br)cc2)c(C)c1. The molecule has 1 atom stereocenters. The normalized spacial score (nSPS) is 12.9. The third-order valence-electron chi connectivity index (χ3n) is 4.39. The molecule has 0 radical (unpaired) electrons. The van der Waals surface area contributed by atoms with Crippen LogP contribution in [0.4, 0.5) is 0 Å². The summed E-state index contributed by atoms with van der Waals surface area (Å²) in [5.41, 5.74) is 3.32. The standard InChI is InChI=1S/C20H25BrN2O3S/c1-13-10-14(2)20(15(3)11-13)27(25,26)23(5)12-19(24)22-16(4)17-6-8-18(21)9-7-17/h6-11,16H,12H2,1-5H3,(H,22,24)/t16-/m1/s1. The molecule has 0 saturated heterocycles. The van der Waals surface area contributed by atoms with Crippen molar-refractivity contribution in [3.05, 3.63) is 63.1 Å². The van der Waals surface area contributed by atoms with Gasteiger partial charge in [0.25, 0.3) is 0 Å². The van der Waals surface area contributed by atoms with Crippen LogP contribution in [-0.2, 0) is 14.8 Å². The highest BCUT2D eigenvalue weighted by atomic mass is 79.9. The van der Waals surface area contributed by atoms with Crippen molar-refractivity contribution in [3.8, 4) is 0 Å². The zero-order valence-corrected chi connectivity index (χ0v) is 18.6. The van der Waals surface area contributed by atoms with Crippen LogP contribution in [-0.4, -0.2) is 32.2 Å². The molecule has 2 aromatic rings. The molecule has 0 fully saturated rings. The maximum absolute atomic E-state index is 13.0. The van der Waals surface area contributed by atoms with Gasteiger partial charge in [-0.1, -0.05) is 45.8 Å². The number of amides is 1. The number of aryl methyl sites for hydroxylation is 3. The topological polar surface area (TPSA) is 66.5 Å². The lowest BCUT2D eigenvalue weighted by Gasteiger charge is -2.21. The van der Waals surface area contributed by atoms with Crippen molar-refractivity contribution in [1.29, 1.82) is 0 Å². The van der Waals surface area contributed by atoms with Crippen LogP contribution in [0.15, 0.2) is 45.8 Å². The number of carbonyl (C=O) groups excluding carboxylic acids is 1. The molecular formula is C20H25BrN2O3S. The molecule has 0 spiro atoms. The fraction of sp³-hybridized carbons (Fsp3) is 0.350. The lowest BCUT2D eigenvalue weighted by Crippen LogP contribution is -2.39. The van der Waals surface area contributed by atoms with Crippen molar-refractivity contribution in [3.63, 3.8) is 0 Å². The highest BCUT2D eigenvalue weighted by Crippen LogP contribution is 2.24. The number of benzene rings is 2. The Hall–Kier alpha value is -1.70. The third-order valence-corrected chi connectivity index (χ3v) is 7.02. The Morgan fingerprint density at radius 3 is 2.15 bits per heavy atom. The third kappa shape index (κ3) is 5.18. The number of rotatable bonds is 6. The van der Waals surface area contributed by atoms with Gasteiger partial charge in [0, 0.05) is 11.5 Å². The van der Waals surface area contributed by atoms with Gasteiger partial charge >= 0.3 is 0 Å². The first-order valence-corrected chi connectivity index (χ1v) is 10.8. The lowest BCUT2D eigenvalue weighted by atomic mass is 10.1. The molecular weight excluding hydrogens is 428 g/mol. The molecule has 0 saturated carbocycles. The number of sulfonamides is 1. The Morgan fingerprint density at radius 2 is 1.63 bits per heavy atom. The van der Waals surface area contributed by atoms with E-state index in [0.29, 0.717) is 11.1 Å². The van der Waals surface area contributed by atoms with Crippen molar-refractivity contribution in [2.75, 3.05) is 13.6 Å². The van der Waals surface area contributed by atoms with E-state index in [1.54, 1.807) is 13.8 Å². The van der Waals surface area contributed by atoms with Gasteiger partial charge in [0.2, 0.25) is 15.9 Å². The van der Waals surface area contributed by atoms with E-state index in [9.17, 15) is 13.2 Å². The second-order valence-corrected chi connectivity index (χ2v) is 9.73. The molecule has 0 aliphatic carbocycles. The van der Waals surface area contributed by atoms with Crippen molar-refractivity contribution >= 4 is 31.9 Å². The van der Waals surface area contributed by atoms with Gasteiger partial charge in [0.1, 0.15) is 0 Å². The van der Waals surface area contributed by atoms with Gasteiger partial charge in [0.15, 0.2) is 0 Å². The minimum atomic E-state index is -3.75. The molecule has 2 aromatic carbocycles. The van der Waals surface area contributed by atoms with Gasteiger partial charge in [-0.15, -0.1) is 0 Å². The van der Waals surface area contributed by atoms with Crippen LogP contribution in [0.2, 0.25) is 0 Å². The van der Waals surface area contributed by atoms with Crippen LogP contribution in [0.3, 0.4) is 0 Å². The molecule has 5 nitrogen and oxygen atoms in total. The number of carbonyl (C=O) groups is 1. The molecule has 0 aliphatic heterocycles. The van der Waals surface area contributed by atoms with E-state index in [-0.39, 0.29) is 23.4 Å². The number of halogens is 1. The Kier molecular flexibility index (Phi) is 6.83. The summed E-state index contributed by atoms with van der Waals surface area (Å²) in [6, 6.07) is 11.1. The van der Waals surface area contributed by atoms with E-state index in [0.717, 1.165) is 19.9 Å². The highest BCUT2D eigenvalue weighted by molar-refractivity contribution is 9.10. The summed E-state index contributed by atoms with van der Waals surface area (Å²) >= 11 is 3.38. The Labute approximate surface area is 170 Å². The van der Waals surface area contributed by atoms with Crippen LogP contribution in [0, 0.1) is 20.8 Å². The zero-order chi connectivity index (χ0) is 20.4. The van der Waals surface area contributed by atoms with E-state index in [2.05, 4.69) is 21.2 Å². The molecule has 7 heteroatoms. The first kappa shape index (κ1) is 21.6. The monoisotopic (exact) mass is 452 g/mol. The van der Waals surface area contributed by atoms with Crippen molar-refractivity contribution in [2.24, 2.45) is 0 Å². The quantitative estimate of drug-likeness (QED) is 0.722. The maximum Gasteiger partial charge on any atom is 0.243 e. The maximum atomic E-state index is 13.0. The first-order chi connectivity index (χ1) is 12.5. The number of likely N-dealkylation sites (N-methyl/N-ethyl adjacent to an activating group) is 1. The smallest absolute Gasteiger partial charge is 0.243 e. The van der Waals surface area contributed by atoms with Gasteiger partial charge in [-0.3, -0.25) is 4.79 Å². The highest BCUT2D eigenvalue weighted by Gasteiger charge is 2.27. The second-order valence-electron chi connectivity index (χ2n) is 6.83.